The first kappa shape index (κ1) is 23.9. The second-order valence-corrected chi connectivity index (χ2v) is 8.71. The van der Waals surface area contributed by atoms with Gasteiger partial charge in [0.05, 0.1) is 17.3 Å². The summed E-state index contributed by atoms with van der Waals surface area (Å²) in [7, 11) is 0. The van der Waals surface area contributed by atoms with Crippen LogP contribution in [0.3, 0.4) is 0 Å². The molecule has 2 saturated heterocycles. The van der Waals surface area contributed by atoms with Gasteiger partial charge < -0.3 is 4.90 Å². The average molecular weight is 473 g/mol. The summed E-state index contributed by atoms with van der Waals surface area (Å²) in [6.45, 7) is 0.888. The molecule has 2 fully saturated rings. The molecule has 2 aliphatic rings. The maximum atomic E-state index is 12.9. The van der Waals surface area contributed by atoms with Crippen molar-refractivity contribution < 1.29 is 27.6 Å². The van der Waals surface area contributed by atoms with Crippen LogP contribution in [0.15, 0.2) is 42.5 Å². The van der Waals surface area contributed by atoms with Crippen molar-refractivity contribution in [2.75, 3.05) is 13.1 Å². The maximum Gasteiger partial charge on any atom is 0.416 e. The van der Waals surface area contributed by atoms with Crippen LogP contribution >= 0.6 is 0 Å². The number of pyridine rings is 1. The van der Waals surface area contributed by atoms with Crippen LogP contribution in [0.4, 0.5) is 13.2 Å². The first-order chi connectivity index (χ1) is 16.2. The lowest BCUT2D eigenvalue weighted by Crippen LogP contribution is -2.33. The number of benzene rings is 1. The van der Waals surface area contributed by atoms with Crippen LogP contribution in [0.1, 0.15) is 67.1 Å². The highest BCUT2D eigenvalue weighted by molar-refractivity contribution is 6.01. The first-order valence-corrected chi connectivity index (χ1v) is 11.5. The summed E-state index contributed by atoms with van der Waals surface area (Å²) < 4.78 is 38.4. The van der Waals surface area contributed by atoms with Crippen molar-refractivity contribution in [3.63, 3.8) is 0 Å². The lowest BCUT2D eigenvalue weighted by atomic mass is 10.0. The Balaban J connectivity index is 1.37. The third-order valence-electron chi connectivity index (χ3n) is 6.34. The highest BCUT2D eigenvalue weighted by Crippen LogP contribution is 2.32. The quantitative estimate of drug-likeness (QED) is 0.563. The van der Waals surface area contributed by atoms with E-state index in [0.717, 1.165) is 41.9 Å². The van der Waals surface area contributed by atoms with E-state index >= 15 is 0 Å². The predicted octanol–water partition coefficient (Wildman–Crippen LogP) is 4.28. The van der Waals surface area contributed by atoms with Gasteiger partial charge in [-0.25, -0.2) is 0 Å². The molecule has 34 heavy (non-hydrogen) atoms. The standard InChI is InChI=1S/C25H26F3N3O3/c26-25(27,28)18-10-8-17(9-11-18)16-19-4-1-5-20(29-19)21-6-2-14-30(21)22(32)7-3-15-31-23(33)12-13-24(31)34/h1,4-5,8-11,21H,2-3,6-7,12-16H2. The van der Waals surface area contributed by atoms with Gasteiger partial charge in [-0.2, -0.15) is 13.2 Å². The van der Waals surface area contributed by atoms with Crippen molar-refractivity contribution in [3.05, 3.63) is 65.0 Å². The summed E-state index contributed by atoms with van der Waals surface area (Å²) in [6.07, 6.45) is -1.17. The number of hydrogen-bond acceptors (Lipinski definition) is 4. The average Bonchev–Trinajstić information content (AvgIpc) is 3.41. The van der Waals surface area contributed by atoms with Gasteiger partial charge in [-0.05, 0) is 49.1 Å². The summed E-state index contributed by atoms with van der Waals surface area (Å²) >= 11 is 0. The highest BCUT2D eigenvalue weighted by atomic mass is 19.4. The van der Waals surface area contributed by atoms with Crippen LogP contribution in [-0.4, -0.2) is 45.6 Å². The van der Waals surface area contributed by atoms with E-state index in [0.29, 0.717) is 19.4 Å². The Morgan fingerprint density at radius 2 is 1.74 bits per heavy atom. The molecule has 0 radical (unpaired) electrons. The van der Waals surface area contributed by atoms with Gasteiger partial charge in [-0.1, -0.05) is 18.2 Å². The molecule has 1 unspecified atom stereocenters. The first-order valence-electron chi connectivity index (χ1n) is 11.5. The van der Waals surface area contributed by atoms with Gasteiger partial charge in [0.2, 0.25) is 17.7 Å². The molecule has 1 aromatic carbocycles. The van der Waals surface area contributed by atoms with Gasteiger partial charge in [0.25, 0.3) is 0 Å². The van der Waals surface area contributed by atoms with Crippen molar-refractivity contribution in [2.24, 2.45) is 0 Å². The molecule has 0 saturated carbocycles. The van der Waals surface area contributed by atoms with Crippen LogP contribution in [-0.2, 0) is 27.0 Å². The molecule has 0 bridgehead atoms. The molecule has 0 N–H and O–H groups in total. The lowest BCUT2D eigenvalue weighted by molar-refractivity contribution is -0.140. The minimum atomic E-state index is -4.37. The van der Waals surface area contributed by atoms with Crippen LogP contribution in [0.2, 0.25) is 0 Å². The van der Waals surface area contributed by atoms with Crippen LogP contribution in [0.25, 0.3) is 0 Å². The minimum absolute atomic E-state index is 0.0310. The minimum Gasteiger partial charge on any atom is -0.334 e. The Morgan fingerprint density at radius 1 is 1.03 bits per heavy atom. The van der Waals surface area contributed by atoms with Gasteiger partial charge in [0.15, 0.2) is 0 Å². The topological polar surface area (TPSA) is 70.6 Å². The van der Waals surface area contributed by atoms with Gasteiger partial charge in [-0.15, -0.1) is 0 Å². The zero-order valence-electron chi connectivity index (χ0n) is 18.7. The van der Waals surface area contributed by atoms with Crippen molar-refractivity contribution in [1.82, 2.24) is 14.8 Å². The summed E-state index contributed by atoms with van der Waals surface area (Å²) in [5, 5.41) is 0. The number of carbonyl (C=O) groups excluding carboxylic acids is 3. The Morgan fingerprint density at radius 3 is 2.41 bits per heavy atom. The number of aromatic nitrogens is 1. The monoisotopic (exact) mass is 473 g/mol. The summed E-state index contributed by atoms with van der Waals surface area (Å²) in [5.41, 5.74) is 1.53. The third kappa shape index (κ3) is 5.46. The number of halogens is 3. The molecule has 3 amide bonds. The van der Waals surface area contributed by atoms with Crippen molar-refractivity contribution >= 4 is 17.7 Å². The normalized spacial score (nSPS) is 18.7. The molecule has 6 nitrogen and oxygen atoms in total. The van der Waals surface area contributed by atoms with E-state index in [1.807, 2.05) is 18.2 Å². The second-order valence-electron chi connectivity index (χ2n) is 8.71. The predicted molar refractivity (Wildman–Crippen MR) is 117 cm³/mol. The van der Waals surface area contributed by atoms with Gasteiger partial charge >= 0.3 is 6.18 Å². The molecular formula is C25H26F3N3O3. The number of likely N-dealkylation sites (tertiary alicyclic amines) is 2. The molecule has 0 spiro atoms. The van der Waals surface area contributed by atoms with Crippen molar-refractivity contribution in [2.45, 2.75) is 57.2 Å². The third-order valence-corrected chi connectivity index (χ3v) is 6.34. The maximum absolute atomic E-state index is 12.9. The fourth-order valence-electron chi connectivity index (χ4n) is 4.58. The Bertz CT molecular complexity index is 1050. The Kier molecular flexibility index (Phi) is 7.00. The number of alkyl halides is 3. The van der Waals surface area contributed by atoms with Crippen LogP contribution in [0, 0.1) is 0 Å². The number of carbonyl (C=O) groups is 3. The molecule has 1 aromatic heterocycles. The molecule has 2 aromatic rings. The van der Waals surface area contributed by atoms with E-state index in [-0.39, 0.29) is 49.6 Å². The molecule has 1 atom stereocenters. The van der Waals surface area contributed by atoms with Crippen LogP contribution < -0.4 is 0 Å². The van der Waals surface area contributed by atoms with E-state index in [9.17, 15) is 27.6 Å². The largest absolute Gasteiger partial charge is 0.416 e. The summed E-state index contributed by atoms with van der Waals surface area (Å²) in [4.78, 5) is 44.1. The molecule has 2 aliphatic heterocycles. The second kappa shape index (κ2) is 9.95. The number of rotatable bonds is 7. The zero-order chi connectivity index (χ0) is 24.3. The smallest absolute Gasteiger partial charge is 0.334 e. The van der Waals surface area contributed by atoms with E-state index < -0.39 is 11.7 Å². The van der Waals surface area contributed by atoms with Gasteiger partial charge in [-0.3, -0.25) is 24.3 Å². The van der Waals surface area contributed by atoms with E-state index in [4.69, 9.17) is 4.98 Å². The number of amides is 3. The zero-order valence-corrected chi connectivity index (χ0v) is 18.7. The number of imide groups is 1. The number of hydrogen-bond donors (Lipinski definition) is 0. The highest BCUT2D eigenvalue weighted by Gasteiger charge is 2.32. The number of nitrogens with zero attached hydrogens (tertiary/aromatic N) is 3. The fourth-order valence-corrected chi connectivity index (χ4v) is 4.58. The van der Waals surface area contributed by atoms with Crippen molar-refractivity contribution in [3.8, 4) is 0 Å². The molecule has 9 heteroatoms. The SMILES string of the molecule is O=C1CCC(=O)N1CCCC(=O)N1CCCC1c1cccc(Cc2ccc(C(F)(F)F)cc2)n1. The Hall–Kier alpha value is -3.23. The van der Waals surface area contributed by atoms with E-state index in [2.05, 4.69) is 0 Å². The van der Waals surface area contributed by atoms with Gasteiger partial charge in [0.1, 0.15) is 0 Å². The molecule has 0 aliphatic carbocycles. The van der Waals surface area contributed by atoms with E-state index in [1.54, 1.807) is 4.90 Å². The van der Waals surface area contributed by atoms with Crippen molar-refractivity contribution in [1.29, 1.82) is 0 Å². The van der Waals surface area contributed by atoms with Crippen LogP contribution in [0.5, 0.6) is 0 Å². The summed E-state index contributed by atoms with van der Waals surface area (Å²) in [5.74, 6) is -0.382. The summed E-state index contributed by atoms with van der Waals surface area (Å²) in [6, 6.07) is 10.4. The van der Waals surface area contributed by atoms with Gasteiger partial charge in [0, 0.05) is 44.5 Å². The molecule has 3 heterocycles. The Labute approximate surface area is 195 Å². The fraction of sp³-hybridized carbons (Fsp3) is 0.440. The van der Waals surface area contributed by atoms with E-state index in [1.165, 1.54) is 17.0 Å². The molecular weight excluding hydrogens is 447 g/mol. The molecule has 4 rings (SSSR count). The lowest BCUT2D eigenvalue weighted by Gasteiger charge is -2.25. The molecule has 180 valence electrons.